The molecule has 0 aliphatic heterocycles. The van der Waals surface area contributed by atoms with E-state index in [1.807, 2.05) is 18.2 Å². The molecule has 0 saturated heterocycles. The maximum absolute atomic E-state index is 11.9. The number of carbonyl (C=O) groups is 1. The van der Waals surface area contributed by atoms with Crippen molar-refractivity contribution in [1.29, 1.82) is 0 Å². The molecular formula is C16H16N2O4. The third kappa shape index (κ3) is 4.39. The molecule has 2 N–H and O–H groups in total. The molecule has 22 heavy (non-hydrogen) atoms. The third-order valence-corrected chi connectivity index (χ3v) is 3.14. The monoisotopic (exact) mass is 300 g/mol. The molecule has 0 fully saturated rings. The normalized spacial score (nSPS) is 11.7. The number of rotatable bonds is 7. The van der Waals surface area contributed by atoms with Crippen LogP contribution in [-0.4, -0.2) is 23.4 Å². The van der Waals surface area contributed by atoms with E-state index in [9.17, 15) is 14.9 Å². The molecule has 0 aliphatic carbocycles. The Bertz CT molecular complexity index is 641. The van der Waals surface area contributed by atoms with Crippen molar-refractivity contribution in [2.75, 3.05) is 6.61 Å². The molecule has 2 aromatic rings. The number of para-hydroxylation sites is 1. The van der Waals surface area contributed by atoms with Gasteiger partial charge < -0.3 is 10.5 Å². The first-order chi connectivity index (χ1) is 10.6. The van der Waals surface area contributed by atoms with Gasteiger partial charge in [0, 0.05) is 12.1 Å². The average molecular weight is 300 g/mol. The number of nitro benzene ring substituents is 1. The minimum atomic E-state index is -0.704. The molecule has 0 aliphatic rings. The lowest BCUT2D eigenvalue weighted by molar-refractivity contribution is -0.384. The van der Waals surface area contributed by atoms with E-state index in [2.05, 4.69) is 0 Å². The predicted molar refractivity (Wildman–Crippen MR) is 81.7 cm³/mol. The first-order valence-corrected chi connectivity index (χ1v) is 6.76. The number of non-ortho nitro benzene ring substituents is 1. The molecule has 1 atom stereocenters. The van der Waals surface area contributed by atoms with Gasteiger partial charge in [-0.3, -0.25) is 14.9 Å². The van der Waals surface area contributed by atoms with Crippen LogP contribution in [0.4, 0.5) is 5.69 Å². The van der Waals surface area contributed by atoms with E-state index >= 15 is 0 Å². The summed E-state index contributed by atoms with van der Waals surface area (Å²) >= 11 is 0. The van der Waals surface area contributed by atoms with E-state index in [4.69, 9.17) is 10.5 Å². The smallest absolute Gasteiger partial charge is 0.269 e. The topological polar surface area (TPSA) is 95.5 Å². The van der Waals surface area contributed by atoms with Crippen LogP contribution in [0.25, 0.3) is 0 Å². The number of ketones is 1. The van der Waals surface area contributed by atoms with E-state index in [0.29, 0.717) is 12.2 Å². The lowest BCUT2D eigenvalue weighted by Gasteiger charge is -2.11. The highest BCUT2D eigenvalue weighted by Gasteiger charge is 2.15. The van der Waals surface area contributed by atoms with E-state index in [0.717, 1.165) is 5.56 Å². The maximum Gasteiger partial charge on any atom is 0.269 e. The highest BCUT2D eigenvalue weighted by molar-refractivity contribution is 5.85. The van der Waals surface area contributed by atoms with Crippen molar-refractivity contribution in [3.63, 3.8) is 0 Å². The van der Waals surface area contributed by atoms with Gasteiger partial charge >= 0.3 is 0 Å². The summed E-state index contributed by atoms with van der Waals surface area (Å²) in [6, 6.07) is 14.3. The Morgan fingerprint density at radius 2 is 1.77 bits per heavy atom. The standard InChI is InChI=1S/C16H16N2O4/c17-15(10-12-6-8-13(9-7-12)18(20)21)16(19)11-22-14-4-2-1-3-5-14/h1-9,15H,10-11,17H2. The Balaban J connectivity index is 1.86. The van der Waals surface area contributed by atoms with Crippen LogP contribution >= 0.6 is 0 Å². The van der Waals surface area contributed by atoms with Gasteiger partial charge in [0.05, 0.1) is 11.0 Å². The second-order valence-electron chi connectivity index (χ2n) is 4.80. The lowest BCUT2D eigenvalue weighted by atomic mass is 10.0. The van der Waals surface area contributed by atoms with Gasteiger partial charge in [0.1, 0.15) is 12.4 Å². The minimum Gasteiger partial charge on any atom is -0.486 e. The van der Waals surface area contributed by atoms with Gasteiger partial charge in [0.15, 0.2) is 5.78 Å². The number of nitrogens with zero attached hydrogens (tertiary/aromatic N) is 1. The van der Waals surface area contributed by atoms with Gasteiger partial charge in [-0.15, -0.1) is 0 Å². The Morgan fingerprint density at radius 3 is 2.36 bits per heavy atom. The van der Waals surface area contributed by atoms with Crippen LogP contribution in [-0.2, 0) is 11.2 Å². The van der Waals surface area contributed by atoms with Crippen LogP contribution < -0.4 is 10.5 Å². The highest BCUT2D eigenvalue weighted by Crippen LogP contribution is 2.13. The zero-order chi connectivity index (χ0) is 15.9. The van der Waals surface area contributed by atoms with Crippen LogP contribution in [0.2, 0.25) is 0 Å². The van der Waals surface area contributed by atoms with Crippen molar-refractivity contribution >= 4 is 11.5 Å². The van der Waals surface area contributed by atoms with E-state index in [-0.39, 0.29) is 18.1 Å². The lowest BCUT2D eigenvalue weighted by Crippen LogP contribution is -2.36. The molecule has 0 amide bonds. The van der Waals surface area contributed by atoms with Crippen molar-refractivity contribution in [1.82, 2.24) is 0 Å². The first kappa shape index (κ1) is 15.7. The average Bonchev–Trinajstić information content (AvgIpc) is 2.54. The third-order valence-electron chi connectivity index (χ3n) is 3.14. The van der Waals surface area contributed by atoms with Crippen LogP contribution in [0.15, 0.2) is 54.6 Å². The summed E-state index contributed by atoms with van der Waals surface area (Å²) in [6.07, 6.45) is 0.314. The Kier molecular flexibility index (Phi) is 5.21. The Hall–Kier alpha value is -2.73. The van der Waals surface area contributed by atoms with Crippen LogP contribution in [0.1, 0.15) is 5.56 Å². The van der Waals surface area contributed by atoms with Crippen LogP contribution in [0.5, 0.6) is 5.75 Å². The molecule has 0 spiro atoms. The van der Waals surface area contributed by atoms with E-state index in [1.54, 1.807) is 24.3 Å². The molecule has 1 unspecified atom stereocenters. The molecule has 0 heterocycles. The summed E-state index contributed by atoms with van der Waals surface area (Å²) < 4.78 is 5.36. The quantitative estimate of drug-likeness (QED) is 0.624. The summed E-state index contributed by atoms with van der Waals surface area (Å²) in [4.78, 5) is 22.0. The van der Waals surface area contributed by atoms with Crippen LogP contribution in [0.3, 0.4) is 0 Å². The van der Waals surface area contributed by atoms with Gasteiger partial charge in [-0.25, -0.2) is 0 Å². The van der Waals surface area contributed by atoms with Crippen molar-refractivity contribution in [3.05, 3.63) is 70.3 Å². The fourth-order valence-corrected chi connectivity index (χ4v) is 1.90. The number of ether oxygens (including phenoxy) is 1. The fraction of sp³-hybridized carbons (Fsp3) is 0.188. The first-order valence-electron chi connectivity index (χ1n) is 6.76. The molecule has 6 nitrogen and oxygen atoms in total. The molecule has 2 aromatic carbocycles. The Labute approximate surface area is 127 Å². The van der Waals surface area contributed by atoms with Gasteiger partial charge in [-0.05, 0) is 24.1 Å². The number of nitrogens with two attached hydrogens (primary N) is 1. The molecule has 0 radical (unpaired) electrons. The van der Waals surface area contributed by atoms with Crippen molar-refractivity contribution in [3.8, 4) is 5.75 Å². The summed E-state index contributed by atoms with van der Waals surface area (Å²) in [7, 11) is 0. The molecular weight excluding hydrogens is 284 g/mol. The second kappa shape index (κ2) is 7.33. The van der Waals surface area contributed by atoms with Crippen LogP contribution in [0, 0.1) is 10.1 Å². The second-order valence-corrected chi connectivity index (χ2v) is 4.80. The number of Topliss-reactive ketones (excluding diaryl/α,β-unsaturated/α-hetero) is 1. The van der Waals surface area contributed by atoms with Gasteiger partial charge in [0.25, 0.3) is 5.69 Å². The zero-order valence-corrected chi connectivity index (χ0v) is 11.8. The number of carbonyl (C=O) groups excluding carboxylic acids is 1. The Morgan fingerprint density at radius 1 is 1.14 bits per heavy atom. The zero-order valence-electron chi connectivity index (χ0n) is 11.8. The van der Waals surface area contributed by atoms with Crippen molar-refractivity contribution < 1.29 is 14.5 Å². The summed E-state index contributed by atoms with van der Waals surface area (Å²) in [5, 5.41) is 10.6. The maximum atomic E-state index is 11.9. The molecule has 2 rings (SSSR count). The number of benzene rings is 2. The minimum absolute atomic E-state index is 0.0102. The van der Waals surface area contributed by atoms with E-state index in [1.165, 1.54) is 12.1 Å². The largest absolute Gasteiger partial charge is 0.486 e. The molecule has 0 bridgehead atoms. The van der Waals surface area contributed by atoms with Crippen molar-refractivity contribution in [2.45, 2.75) is 12.5 Å². The number of hydrogen-bond donors (Lipinski definition) is 1. The predicted octanol–water partition coefficient (Wildman–Crippen LogP) is 2.11. The van der Waals surface area contributed by atoms with Gasteiger partial charge in [-0.1, -0.05) is 30.3 Å². The summed E-state index contributed by atoms with van der Waals surface area (Å²) in [6.45, 7) is -0.0990. The molecule has 6 heteroatoms. The molecule has 114 valence electrons. The summed E-state index contributed by atoms with van der Waals surface area (Å²) in [5.74, 6) is 0.389. The molecule has 0 aromatic heterocycles. The van der Waals surface area contributed by atoms with E-state index < -0.39 is 11.0 Å². The highest BCUT2D eigenvalue weighted by atomic mass is 16.6. The van der Waals surface area contributed by atoms with Gasteiger partial charge in [0.2, 0.25) is 0 Å². The number of hydrogen-bond acceptors (Lipinski definition) is 5. The fourth-order valence-electron chi connectivity index (χ4n) is 1.90. The van der Waals surface area contributed by atoms with Gasteiger partial charge in [-0.2, -0.15) is 0 Å². The summed E-state index contributed by atoms with van der Waals surface area (Å²) in [5.41, 5.74) is 6.63. The molecule has 0 saturated carbocycles. The van der Waals surface area contributed by atoms with Crippen molar-refractivity contribution in [2.24, 2.45) is 5.73 Å². The SMILES string of the molecule is NC(Cc1ccc([N+](=O)[O-])cc1)C(=O)COc1ccccc1. The number of nitro groups is 1.